The summed E-state index contributed by atoms with van der Waals surface area (Å²) in [5.74, 6) is 0.918. The van der Waals surface area contributed by atoms with Crippen LogP contribution in [0.5, 0.6) is 5.75 Å². The van der Waals surface area contributed by atoms with Crippen molar-refractivity contribution in [2.75, 3.05) is 31.4 Å². The first-order chi connectivity index (χ1) is 19.5. The lowest BCUT2D eigenvalue weighted by molar-refractivity contribution is 0.0802. The van der Waals surface area contributed by atoms with Gasteiger partial charge in [-0.1, -0.05) is 24.9 Å². The van der Waals surface area contributed by atoms with Gasteiger partial charge < -0.3 is 25.4 Å². The van der Waals surface area contributed by atoms with Crippen molar-refractivity contribution in [3.63, 3.8) is 0 Å². The fourth-order valence-electron chi connectivity index (χ4n) is 4.01. The molecule has 0 aliphatic rings. The number of aromatic nitrogens is 6. The number of methoxy groups -OCH3 is 1. The first-order valence-electron chi connectivity index (χ1n) is 13.1. The van der Waals surface area contributed by atoms with Gasteiger partial charge in [-0.05, 0) is 26.0 Å². The maximum absolute atomic E-state index is 13.6. The molecule has 0 fully saturated rings. The minimum Gasteiger partial charge on any atom is -0.496 e. The minimum atomic E-state index is -1.24. The van der Waals surface area contributed by atoms with Crippen molar-refractivity contribution in [1.82, 2.24) is 35.3 Å². The number of carbonyl (C=O) groups is 2. The van der Waals surface area contributed by atoms with Crippen molar-refractivity contribution in [1.29, 1.82) is 0 Å². The molecule has 0 atom stereocenters. The van der Waals surface area contributed by atoms with E-state index in [4.69, 9.17) is 9.47 Å². The van der Waals surface area contributed by atoms with Gasteiger partial charge in [0.1, 0.15) is 35.5 Å². The Morgan fingerprint density at radius 3 is 2.46 bits per heavy atom. The van der Waals surface area contributed by atoms with Gasteiger partial charge in [-0.25, -0.2) is 19.6 Å². The van der Waals surface area contributed by atoms with Crippen LogP contribution in [0.4, 0.5) is 17.3 Å². The summed E-state index contributed by atoms with van der Waals surface area (Å²) in [7, 11) is 1.74. The minimum absolute atomic E-state index is 0.184. The van der Waals surface area contributed by atoms with Gasteiger partial charge in [-0.15, -0.1) is 5.10 Å². The molecule has 216 valence electrons. The number of pyridine rings is 1. The fourth-order valence-corrected chi connectivity index (χ4v) is 4.77. The van der Waals surface area contributed by atoms with Gasteiger partial charge in [-0.3, -0.25) is 9.59 Å². The van der Waals surface area contributed by atoms with Crippen molar-refractivity contribution in [3.8, 4) is 5.75 Å². The number of ether oxygens (including phenoxy) is 2. The normalized spacial score (nSPS) is 11.4. The summed E-state index contributed by atoms with van der Waals surface area (Å²) in [5, 5.41) is 16.9. The standard InChI is InChI=1S/C27H35N9O4Si/c1-16-10-25(31-17(2)30-16)33-24-13-20(19(14-29-24)26(37)28-3)32-27(38)18-11-22-21(12-23(18)39-4)34-35-36(22)15-40-8-9-41(5,6)7/h10-14H,8-9,15H2,1-7H3,(H,28,37)(H2,29,30,31,32,33,38). The third-order valence-electron chi connectivity index (χ3n) is 6.14. The number of rotatable bonds is 11. The van der Waals surface area contributed by atoms with E-state index in [-0.39, 0.29) is 23.5 Å². The van der Waals surface area contributed by atoms with Crippen LogP contribution in [0.3, 0.4) is 0 Å². The quantitative estimate of drug-likeness (QED) is 0.176. The molecule has 4 rings (SSSR count). The highest BCUT2D eigenvalue weighted by molar-refractivity contribution is 6.76. The molecule has 0 aliphatic carbocycles. The van der Waals surface area contributed by atoms with Crippen LogP contribution in [-0.2, 0) is 11.5 Å². The van der Waals surface area contributed by atoms with E-state index in [1.54, 1.807) is 35.9 Å². The summed E-state index contributed by atoms with van der Waals surface area (Å²) >= 11 is 0. The summed E-state index contributed by atoms with van der Waals surface area (Å²) in [6.45, 7) is 11.3. The number of anilines is 3. The van der Waals surface area contributed by atoms with E-state index in [2.05, 4.69) is 60.9 Å². The second-order valence-corrected chi connectivity index (χ2v) is 16.3. The molecule has 41 heavy (non-hydrogen) atoms. The maximum atomic E-state index is 13.6. The summed E-state index contributed by atoms with van der Waals surface area (Å²) in [4.78, 5) is 39.2. The second-order valence-electron chi connectivity index (χ2n) is 10.7. The van der Waals surface area contributed by atoms with Crippen LogP contribution in [-0.4, -0.2) is 70.6 Å². The van der Waals surface area contributed by atoms with Gasteiger partial charge >= 0.3 is 0 Å². The van der Waals surface area contributed by atoms with E-state index in [9.17, 15) is 9.59 Å². The zero-order valence-corrected chi connectivity index (χ0v) is 25.3. The zero-order chi connectivity index (χ0) is 29.7. The molecule has 13 nitrogen and oxygen atoms in total. The van der Waals surface area contributed by atoms with Crippen molar-refractivity contribution < 1.29 is 19.1 Å². The SMILES string of the molecule is CNC(=O)c1cnc(Nc2cc(C)nc(C)n2)cc1NC(=O)c1cc2c(cc1OC)nnn2COCC[Si](C)(C)C. The average molecular weight is 578 g/mol. The molecule has 4 aromatic rings. The van der Waals surface area contributed by atoms with E-state index in [1.165, 1.54) is 20.4 Å². The molecule has 0 saturated heterocycles. The summed E-state index contributed by atoms with van der Waals surface area (Å²) in [6, 6.07) is 7.66. The van der Waals surface area contributed by atoms with Gasteiger partial charge in [0, 0.05) is 51.8 Å². The second kappa shape index (κ2) is 12.4. The number of nitrogens with zero attached hydrogens (tertiary/aromatic N) is 6. The molecule has 0 radical (unpaired) electrons. The fraction of sp³-hybridized carbons (Fsp3) is 0.370. The monoisotopic (exact) mass is 577 g/mol. The molecular formula is C27H35N9O4Si. The Balaban J connectivity index is 1.63. The Morgan fingerprint density at radius 1 is 1.00 bits per heavy atom. The largest absolute Gasteiger partial charge is 0.496 e. The van der Waals surface area contributed by atoms with Crippen molar-refractivity contribution in [3.05, 3.63) is 53.1 Å². The Morgan fingerprint density at radius 2 is 1.78 bits per heavy atom. The molecule has 0 saturated carbocycles. The van der Waals surface area contributed by atoms with E-state index in [0.717, 1.165) is 11.7 Å². The Kier molecular flexibility index (Phi) is 8.93. The number of benzene rings is 1. The lowest BCUT2D eigenvalue weighted by Gasteiger charge is -2.15. The van der Waals surface area contributed by atoms with Crippen LogP contribution < -0.4 is 20.7 Å². The van der Waals surface area contributed by atoms with Crippen LogP contribution in [0.25, 0.3) is 11.0 Å². The van der Waals surface area contributed by atoms with Gasteiger partial charge in [0.15, 0.2) is 0 Å². The van der Waals surface area contributed by atoms with Crippen LogP contribution in [0.2, 0.25) is 25.7 Å². The number of aryl methyl sites for hydroxylation is 2. The van der Waals surface area contributed by atoms with Crippen molar-refractivity contribution >= 4 is 48.2 Å². The average Bonchev–Trinajstić information content (AvgIpc) is 3.30. The van der Waals surface area contributed by atoms with E-state index in [1.807, 2.05) is 6.92 Å². The summed E-state index contributed by atoms with van der Waals surface area (Å²) in [6.07, 6.45) is 1.38. The molecule has 0 unspecified atom stereocenters. The molecule has 0 aliphatic heterocycles. The highest BCUT2D eigenvalue weighted by Crippen LogP contribution is 2.28. The zero-order valence-electron chi connectivity index (χ0n) is 24.3. The summed E-state index contributed by atoms with van der Waals surface area (Å²) < 4.78 is 12.9. The van der Waals surface area contributed by atoms with Crippen molar-refractivity contribution in [2.45, 2.75) is 46.3 Å². The molecule has 14 heteroatoms. The highest BCUT2D eigenvalue weighted by Gasteiger charge is 2.21. The van der Waals surface area contributed by atoms with E-state index >= 15 is 0 Å². The predicted octanol–water partition coefficient (Wildman–Crippen LogP) is 3.91. The van der Waals surface area contributed by atoms with Gasteiger partial charge in [0.05, 0.1) is 29.4 Å². The first kappa shape index (κ1) is 29.5. The molecule has 1 aromatic carbocycles. The van der Waals surface area contributed by atoms with E-state index < -0.39 is 19.9 Å². The third-order valence-corrected chi connectivity index (χ3v) is 7.84. The number of hydrogen-bond donors (Lipinski definition) is 3. The molecule has 0 spiro atoms. The van der Waals surface area contributed by atoms with Crippen LogP contribution >= 0.6 is 0 Å². The number of fused-ring (bicyclic) bond motifs is 1. The van der Waals surface area contributed by atoms with E-state index in [0.29, 0.717) is 40.8 Å². The molecule has 0 bridgehead atoms. The predicted molar refractivity (Wildman–Crippen MR) is 159 cm³/mol. The lowest BCUT2D eigenvalue weighted by Crippen LogP contribution is -2.22. The smallest absolute Gasteiger partial charge is 0.259 e. The molecule has 3 heterocycles. The Labute approximate surface area is 239 Å². The molecule has 2 amide bonds. The molecule has 3 aromatic heterocycles. The Bertz CT molecular complexity index is 1560. The van der Waals surface area contributed by atoms with Crippen LogP contribution in [0.15, 0.2) is 30.5 Å². The molecule has 3 N–H and O–H groups in total. The Hall–Kier alpha value is -4.43. The van der Waals surface area contributed by atoms with Crippen molar-refractivity contribution in [2.24, 2.45) is 0 Å². The third kappa shape index (κ3) is 7.40. The van der Waals surface area contributed by atoms with Gasteiger partial charge in [-0.2, -0.15) is 0 Å². The first-order valence-corrected chi connectivity index (χ1v) is 16.8. The van der Waals surface area contributed by atoms with Crippen LogP contribution in [0, 0.1) is 13.8 Å². The number of carbonyl (C=O) groups excluding carboxylic acids is 2. The molecular weight excluding hydrogens is 542 g/mol. The van der Waals surface area contributed by atoms with Gasteiger partial charge in [0.25, 0.3) is 11.8 Å². The summed E-state index contributed by atoms with van der Waals surface area (Å²) in [5.41, 5.74) is 2.63. The van der Waals surface area contributed by atoms with Gasteiger partial charge in [0.2, 0.25) is 0 Å². The topological polar surface area (TPSA) is 158 Å². The lowest BCUT2D eigenvalue weighted by atomic mass is 10.1. The number of amides is 2. The number of nitrogens with one attached hydrogen (secondary N) is 3. The number of hydrogen-bond acceptors (Lipinski definition) is 10. The highest BCUT2D eigenvalue weighted by atomic mass is 28.3. The van der Waals surface area contributed by atoms with Crippen LogP contribution in [0.1, 0.15) is 32.2 Å². The maximum Gasteiger partial charge on any atom is 0.259 e.